The van der Waals surface area contributed by atoms with Gasteiger partial charge in [-0.3, -0.25) is 0 Å². The lowest BCUT2D eigenvalue weighted by Gasteiger charge is -2.10. The summed E-state index contributed by atoms with van der Waals surface area (Å²) in [5.41, 5.74) is 7.33. The number of aryl methyl sites for hydroxylation is 2. The molecule has 5 nitrogen and oxygen atoms in total. The molecule has 0 bridgehead atoms. The molecule has 104 valence electrons. The molecule has 0 fully saturated rings. The van der Waals surface area contributed by atoms with Gasteiger partial charge in [-0.25, -0.2) is 9.67 Å². The number of rotatable bonds is 3. The van der Waals surface area contributed by atoms with Gasteiger partial charge in [-0.1, -0.05) is 11.8 Å². The Labute approximate surface area is 118 Å². The van der Waals surface area contributed by atoms with Crippen molar-refractivity contribution < 1.29 is 4.74 Å². The Bertz CT molecular complexity index is 664. The number of aromatic nitrogens is 3. The summed E-state index contributed by atoms with van der Waals surface area (Å²) in [6.07, 6.45) is 0. The zero-order valence-electron chi connectivity index (χ0n) is 12.0. The number of ether oxygens (including phenoxy) is 1. The Morgan fingerprint density at radius 1 is 1.35 bits per heavy atom. The molecule has 5 heteroatoms. The third kappa shape index (κ3) is 3.16. The van der Waals surface area contributed by atoms with Crippen molar-refractivity contribution in [2.45, 2.75) is 20.4 Å². The van der Waals surface area contributed by atoms with Crippen LogP contribution in [0.2, 0.25) is 0 Å². The number of methoxy groups -OCH3 is 1. The summed E-state index contributed by atoms with van der Waals surface area (Å²) in [4.78, 5) is 4.30. The van der Waals surface area contributed by atoms with Crippen LogP contribution in [0.5, 0.6) is 5.75 Å². The van der Waals surface area contributed by atoms with Gasteiger partial charge >= 0.3 is 0 Å². The number of benzene rings is 1. The maximum absolute atomic E-state index is 5.40. The first-order valence-corrected chi connectivity index (χ1v) is 6.38. The van der Waals surface area contributed by atoms with E-state index in [4.69, 9.17) is 10.5 Å². The fraction of sp³-hybridized carbons (Fsp3) is 0.333. The second-order valence-electron chi connectivity index (χ2n) is 4.40. The van der Waals surface area contributed by atoms with Crippen molar-refractivity contribution in [3.63, 3.8) is 0 Å². The van der Waals surface area contributed by atoms with Crippen molar-refractivity contribution >= 4 is 0 Å². The van der Waals surface area contributed by atoms with Crippen molar-refractivity contribution in [3.8, 4) is 17.6 Å². The lowest BCUT2D eigenvalue weighted by molar-refractivity contribution is 0.407. The van der Waals surface area contributed by atoms with Crippen LogP contribution in [-0.2, 0) is 6.54 Å². The van der Waals surface area contributed by atoms with E-state index in [1.807, 2.05) is 36.7 Å². The average molecular weight is 270 g/mol. The first kappa shape index (κ1) is 14.1. The van der Waals surface area contributed by atoms with Crippen LogP contribution >= 0.6 is 0 Å². The van der Waals surface area contributed by atoms with Crippen molar-refractivity contribution in [2.24, 2.45) is 5.73 Å². The van der Waals surface area contributed by atoms with Crippen LogP contribution in [-0.4, -0.2) is 28.4 Å². The standard InChI is InChI=1S/C15H18N4O/c1-11-17-12(2)19(18-11)10-14-9-13(5-4-8-16)6-7-15(14)20-3/h6-7,9H,8,10,16H2,1-3H3. The minimum absolute atomic E-state index is 0.350. The van der Waals surface area contributed by atoms with Gasteiger partial charge in [0.1, 0.15) is 17.4 Å². The average Bonchev–Trinajstić information content (AvgIpc) is 2.75. The third-order valence-corrected chi connectivity index (χ3v) is 2.90. The van der Waals surface area contributed by atoms with E-state index in [0.717, 1.165) is 28.5 Å². The predicted octanol–water partition coefficient (Wildman–Crippen LogP) is 1.26. The van der Waals surface area contributed by atoms with E-state index in [1.165, 1.54) is 0 Å². The van der Waals surface area contributed by atoms with Gasteiger partial charge in [-0.2, -0.15) is 5.10 Å². The molecule has 0 aliphatic heterocycles. The Kier molecular flexibility index (Phi) is 4.38. The van der Waals surface area contributed by atoms with E-state index in [1.54, 1.807) is 7.11 Å². The molecule has 0 unspecified atom stereocenters. The van der Waals surface area contributed by atoms with E-state index in [9.17, 15) is 0 Å². The Morgan fingerprint density at radius 3 is 2.75 bits per heavy atom. The van der Waals surface area contributed by atoms with Crippen LogP contribution in [0, 0.1) is 25.7 Å². The van der Waals surface area contributed by atoms with Gasteiger partial charge in [0.15, 0.2) is 0 Å². The number of hydrogen-bond donors (Lipinski definition) is 1. The lowest BCUT2D eigenvalue weighted by Crippen LogP contribution is -2.06. The van der Waals surface area contributed by atoms with Gasteiger partial charge in [0.05, 0.1) is 20.2 Å². The van der Waals surface area contributed by atoms with Crippen LogP contribution in [0.25, 0.3) is 0 Å². The molecule has 1 aromatic carbocycles. The molecule has 0 saturated carbocycles. The van der Waals surface area contributed by atoms with Crippen LogP contribution in [0.1, 0.15) is 22.8 Å². The molecule has 2 aromatic rings. The summed E-state index contributed by atoms with van der Waals surface area (Å²) in [5, 5.41) is 4.37. The molecule has 0 radical (unpaired) electrons. The van der Waals surface area contributed by atoms with E-state index in [0.29, 0.717) is 13.1 Å². The number of hydrogen-bond acceptors (Lipinski definition) is 4. The van der Waals surface area contributed by atoms with Gasteiger partial charge in [-0.15, -0.1) is 0 Å². The maximum Gasteiger partial charge on any atom is 0.147 e. The minimum Gasteiger partial charge on any atom is -0.496 e. The highest BCUT2D eigenvalue weighted by atomic mass is 16.5. The predicted molar refractivity (Wildman–Crippen MR) is 77.5 cm³/mol. The van der Waals surface area contributed by atoms with Gasteiger partial charge in [0.25, 0.3) is 0 Å². The quantitative estimate of drug-likeness (QED) is 0.853. The fourth-order valence-corrected chi connectivity index (χ4v) is 2.01. The topological polar surface area (TPSA) is 66.0 Å². The highest BCUT2D eigenvalue weighted by Gasteiger charge is 2.08. The fourth-order valence-electron chi connectivity index (χ4n) is 2.01. The molecule has 1 aromatic heterocycles. The summed E-state index contributed by atoms with van der Waals surface area (Å²) < 4.78 is 7.24. The van der Waals surface area contributed by atoms with Crippen molar-refractivity contribution in [1.82, 2.24) is 14.8 Å². The molecule has 0 spiro atoms. The van der Waals surface area contributed by atoms with E-state index < -0.39 is 0 Å². The summed E-state index contributed by atoms with van der Waals surface area (Å²) in [6.45, 7) is 4.77. The molecule has 0 amide bonds. The van der Waals surface area contributed by atoms with Crippen molar-refractivity contribution in [3.05, 3.63) is 41.0 Å². The molecule has 0 aliphatic rings. The molecule has 2 N–H and O–H groups in total. The molecule has 20 heavy (non-hydrogen) atoms. The van der Waals surface area contributed by atoms with Crippen LogP contribution in [0.3, 0.4) is 0 Å². The first-order chi connectivity index (χ1) is 9.63. The summed E-state index contributed by atoms with van der Waals surface area (Å²) >= 11 is 0. The highest BCUT2D eigenvalue weighted by Crippen LogP contribution is 2.21. The smallest absolute Gasteiger partial charge is 0.147 e. The lowest BCUT2D eigenvalue weighted by atomic mass is 10.1. The SMILES string of the molecule is COc1ccc(C#CCN)cc1Cn1nc(C)nc1C. The molecular weight excluding hydrogens is 252 g/mol. The maximum atomic E-state index is 5.40. The van der Waals surface area contributed by atoms with E-state index in [-0.39, 0.29) is 0 Å². The Morgan fingerprint density at radius 2 is 2.15 bits per heavy atom. The van der Waals surface area contributed by atoms with Crippen LogP contribution in [0.4, 0.5) is 0 Å². The zero-order valence-corrected chi connectivity index (χ0v) is 12.0. The molecule has 0 atom stereocenters. The molecule has 0 saturated heterocycles. The summed E-state index contributed by atoms with van der Waals surface area (Å²) in [7, 11) is 1.66. The molecular formula is C15H18N4O. The van der Waals surface area contributed by atoms with Gasteiger partial charge in [-0.05, 0) is 32.0 Å². The van der Waals surface area contributed by atoms with Crippen molar-refractivity contribution in [1.29, 1.82) is 0 Å². The minimum atomic E-state index is 0.350. The first-order valence-electron chi connectivity index (χ1n) is 6.38. The summed E-state index contributed by atoms with van der Waals surface area (Å²) in [5.74, 6) is 8.33. The van der Waals surface area contributed by atoms with Gasteiger partial charge < -0.3 is 10.5 Å². The Balaban J connectivity index is 2.35. The zero-order chi connectivity index (χ0) is 14.5. The van der Waals surface area contributed by atoms with E-state index in [2.05, 4.69) is 21.9 Å². The summed E-state index contributed by atoms with van der Waals surface area (Å²) in [6, 6.07) is 5.83. The van der Waals surface area contributed by atoms with Crippen LogP contribution in [0.15, 0.2) is 18.2 Å². The monoisotopic (exact) mass is 270 g/mol. The number of nitrogens with zero attached hydrogens (tertiary/aromatic N) is 3. The van der Waals surface area contributed by atoms with Gasteiger partial charge in [0, 0.05) is 11.1 Å². The number of nitrogens with two attached hydrogens (primary N) is 1. The largest absolute Gasteiger partial charge is 0.496 e. The molecule has 1 heterocycles. The van der Waals surface area contributed by atoms with Crippen molar-refractivity contribution in [2.75, 3.05) is 13.7 Å². The van der Waals surface area contributed by atoms with Gasteiger partial charge in [0.2, 0.25) is 0 Å². The second kappa shape index (κ2) is 6.22. The second-order valence-corrected chi connectivity index (χ2v) is 4.40. The molecule has 2 rings (SSSR count). The normalized spacial score (nSPS) is 10.0. The Hall–Kier alpha value is -2.32. The molecule has 0 aliphatic carbocycles. The van der Waals surface area contributed by atoms with Crippen LogP contribution < -0.4 is 10.5 Å². The van der Waals surface area contributed by atoms with E-state index >= 15 is 0 Å². The third-order valence-electron chi connectivity index (χ3n) is 2.90. The highest BCUT2D eigenvalue weighted by molar-refractivity contribution is 5.44.